The number of non-ortho nitro benzene ring substituents is 1. The minimum absolute atomic E-state index is 0.0951. The maximum Gasteiger partial charge on any atom is 0.317 e. The van der Waals surface area contributed by atoms with Gasteiger partial charge >= 0.3 is 5.97 Å². The number of nitro benzene ring substituents is 1. The number of hydrogen-bond acceptors (Lipinski definition) is 4. The van der Waals surface area contributed by atoms with E-state index in [1.165, 1.54) is 18.2 Å². The molecule has 1 aromatic rings. The second kappa shape index (κ2) is 6.86. The number of carboxylic acid groups (broad SMARTS) is 1. The van der Waals surface area contributed by atoms with Crippen molar-refractivity contribution in [2.24, 2.45) is 0 Å². The van der Waals surface area contributed by atoms with Crippen LogP contribution in [0.5, 0.6) is 0 Å². The van der Waals surface area contributed by atoms with Crippen molar-refractivity contribution in [2.45, 2.75) is 6.54 Å². The molecular formula is C12H13ClN2O4. The SMILES string of the molecule is C=CCN(CC(=O)O)Cc1ccc([N+](=O)[O-])cc1Cl. The molecule has 1 aromatic carbocycles. The molecule has 0 aromatic heterocycles. The van der Waals surface area contributed by atoms with Crippen molar-refractivity contribution in [3.8, 4) is 0 Å². The summed E-state index contributed by atoms with van der Waals surface area (Å²) in [6.07, 6.45) is 1.59. The van der Waals surface area contributed by atoms with Gasteiger partial charge in [0.1, 0.15) is 0 Å². The molecule has 0 spiro atoms. The molecule has 7 heteroatoms. The van der Waals surface area contributed by atoms with Gasteiger partial charge in [-0.15, -0.1) is 6.58 Å². The van der Waals surface area contributed by atoms with Gasteiger partial charge in [-0.05, 0) is 11.6 Å². The summed E-state index contributed by atoms with van der Waals surface area (Å²) in [6, 6.07) is 4.12. The highest BCUT2D eigenvalue weighted by Gasteiger charge is 2.13. The third-order valence-electron chi connectivity index (χ3n) is 2.39. The molecule has 0 fully saturated rings. The first kappa shape index (κ1) is 15.1. The lowest BCUT2D eigenvalue weighted by Crippen LogP contribution is -2.29. The van der Waals surface area contributed by atoms with Crippen LogP contribution in [-0.4, -0.2) is 34.0 Å². The number of hydrogen-bond donors (Lipinski definition) is 1. The van der Waals surface area contributed by atoms with Crippen LogP contribution in [0.1, 0.15) is 5.56 Å². The van der Waals surface area contributed by atoms with Gasteiger partial charge in [-0.25, -0.2) is 0 Å². The van der Waals surface area contributed by atoms with Crippen molar-refractivity contribution in [2.75, 3.05) is 13.1 Å². The summed E-state index contributed by atoms with van der Waals surface area (Å²) in [7, 11) is 0. The van der Waals surface area contributed by atoms with Crippen molar-refractivity contribution in [3.05, 3.63) is 51.6 Å². The third kappa shape index (κ3) is 4.69. The summed E-state index contributed by atoms with van der Waals surface area (Å²) >= 11 is 5.95. The average molecular weight is 285 g/mol. The molecule has 0 saturated heterocycles. The molecular weight excluding hydrogens is 272 g/mol. The van der Waals surface area contributed by atoms with E-state index in [0.29, 0.717) is 12.1 Å². The number of benzene rings is 1. The van der Waals surface area contributed by atoms with Crippen molar-refractivity contribution < 1.29 is 14.8 Å². The standard InChI is InChI=1S/C12H13ClN2O4/c1-2-5-14(8-12(16)17)7-9-3-4-10(15(18)19)6-11(9)13/h2-4,6H,1,5,7-8H2,(H,16,17). The van der Waals surface area contributed by atoms with Crippen LogP contribution in [0.4, 0.5) is 5.69 Å². The Morgan fingerprint density at radius 1 is 1.58 bits per heavy atom. The van der Waals surface area contributed by atoms with E-state index in [0.717, 1.165) is 0 Å². The molecule has 0 heterocycles. The van der Waals surface area contributed by atoms with Crippen molar-refractivity contribution in [1.82, 2.24) is 4.90 Å². The van der Waals surface area contributed by atoms with Gasteiger partial charge in [0.05, 0.1) is 16.5 Å². The highest BCUT2D eigenvalue weighted by molar-refractivity contribution is 6.31. The lowest BCUT2D eigenvalue weighted by Gasteiger charge is -2.18. The number of nitrogens with zero attached hydrogens (tertiary/aromatic N) is 2. The Labute approximate surface area is 115 Å². The molecule has 0 amide bonds. The van der Waals surface area contributed by atoms with E-state index in [1.807, 2.05) is 0 Å². The Kier molecular flexibility index (Phi) is 5.47. The zero-order valence-electron chi connectivity index (χ0n) is 10.1. The van der Waals surface area contributed by atoms with Gasteiger partial charge in [-0.3, -0.25) is 19.8 Å². The van der Waals surface area contributed by atoms with Crippen LogP contribution in [0.25, 0.3) is 0 Å². The number of nitro groups is 1. The van der Waals surface area contributed by atoms with Crippen LogP contribution in [0, 0.1) is 10.1 Å². The highest BCUT2D eigenvalue weighted by Crippen LogP contribution is 2.23. The molecule has 0 unspecified atom stereocenters. The third-order valence-corrected chi connectivity index (χ3v) is 2.74. The van der Waals surface area contributed by atoms with Gasteiger partial charge in [-0.1, -0.05) is 17.7 Å². The molecule has 0 atom stereocenters. The zero-order chi connectivity index (χ0) is 14.4. The maximum absolute atomic E-state index is 10.7. The highest BCUT2D eigenvalue weighted by atomic mass is 35.5. The van der Waals surface area contributed by atoms with E-state index in [-0.39, 0.29) is 23.8 Å². The van der Waals surface area contributed by atoms with Crippen molar-refractivity contribution in [1.29, 1.82) is 0 Å². The first-order valence-electron chi connectivity index (χ1n) is 5.42. The zero-order valence-corrected chi connectivity index (χ0v) is 10.8. The van der Waals surface area contributed by atoms with Gasteiger partial charge in [0, 0.05) is 25.2 Å². The predicted octanol–water partition coefficient (Wildman–Crippen LogP) is 2.32. The monoisotopic (exact) mass is 284 g/mol. The number of carboxylic acids is 1. The lowest BCUT2D eigenvalue weighted by molar-refractivity contribution is -0.384. The van der Waals surface area contributed by atoms with Crippen molar-refractivity contribution >= 4 is 23.3 Å². The number of rotatable bonds is 7. The Hall–Kier alpha value is -1.92. The fourth-order valence-electron chi connectivity index (χ4n) is 1.58. The van der Waals surface area contributed by atoms with Crippen LogP contribution < -0.4 is 0 Å². The van der Waals surface area contributed by atoms with E-state index in [9.17, 15) is 14.9 Å². The minimum atomic E-state index is -0.958. The summed E-state index contributed by atoms with van der Waals surface area (Å²) in [5.74, 6) is -0.958. The van der Waals surface area contributed by atoms with Crippen LogP contribution in [-0.2, 0) is 11.3 Å². The first-order valence-corrected chi connectivity index (χ1v) is 5.79. The molecule has 0 aliphatic heterocycles. The summed E-state index contributed by atoms with van der Waals surface area (Å²) in [5, 5.41) is 19.6. The summed E-state index contributed by atoms with van der Waals surface area (Å²) in [4.78, 5) is 22.4. The smallest absolute Gasteiger partial charge is 0.317 e. The van der Waals surface area contributed by atoms with E-state index in [4.69, 9.17) is 16.7 Å². The van der Waals surface area contributed by atoms with Crippen LogP contribution in [0.3, 0.4) is 0 Å². The molecule has 0 saturated carbocycles. The molecule has 0 aliphatic rings. The van der Waals surface area contributed by atoms with Gasteiger partial charge in [0.25, 0.3) is 5.69 Å². The van der Waals surface area contributed by atoms with E-state index >= 15 is 0 Å². The molecule has 1 rings (SSSR count). The second-order valence-electron chi connectivity index (χ2n) is 3.88. The maximum atomic E-state index is 10.7. The summed E-state index contributed by atoms with van der Waals surface area (Å²) < 4.78 is 0. The minimum Gasteiger partial charge on any atom is -0.480 e. The van der Waals surface area contributed by atoms with E-state index in [2.05, 4.69) is 6.58 Å². The summed E-state index contributed by atoms with van der Waals surface area (Å²) in [5.41, 5.74) is 0.539. The largest absolute Gasteiger partial charge is 0.480 e. The topological polar surface area (TPSA) is 83.7 Å². The number of halogens is 1. The molecule has 102 valence electrons. The number of aliphatic carboxylic acids is 1. The van der Waals surface area contributed by atoms with Crippen LogP contribution in [0.15, 0.2) is 30.9 Å². The van der Waals surface area contributed by atoms with Crippen LogP contribution >= 0.6 is 11.6 Å². The lowest BCUT2D eigenvalue weighted by atomic mass is 10.2. The normalized spacial score (nSPS) is 10.4. The fourth-order valence-corrected chi connectivity index (χ4v) is 1.81. The molecule has 19 heavy (non-hydrogen) atoms. The first-order chi connectivity index (χ1) is 8.93. The molecule has 0 bridgehead atoms. The molecule has 1 N–H and O–H groups in total. The second-order valence-corrected chi connectivity index (χ2v) is 4.29. The average Bonchev–Trinajstić information content (AvgIpc) is 2.31. The Balaban J connectivity index is 2.87. The Morgan fingerprint density at radius 3 is 2.74 bits per heavy atom. The van der Waals surface area contributed by atoms with Gasteiger partial charge in [0.15, 0.2) is 0 Å². The van der Waals surface area contributed by atoms with Gasteiger partial charge < -0.3 is 5.11 Å². The van der Waals surface area contributed by atoms with E-state index < -0.39 is 10.9 Å². The predicted molar refractivity (Wildman–Crippen MR) is 71.2 cm³/mol. The Morgan fingerprint density at radius 2 is 2.26 bits per heavy atom. The summed E-state index contributed by atoms with van der Waals surface area (Å²) in [6.45, 7) is 4.07. The Bertz CT molecular complexity index is 505. The van der Waals surface area contributed by atoms with Gasteiger partial charge in [0.2, 0.25) is 0 Å². The van der Waals surface area contributed by atoms with Gasteiger partial charge in [-0.2, -0.15) is 0 Å². The van der Waals surface area contributed by atoms with Crippen LogP contribution in [0.2, 0.25) is 5.02 Å². The molecule has 6 nitrogen and oxygen atoms in total. The fraction of sp³-hybridized carbons (Fsp3) is 0.250. The quantitative estimate of drug-likeness (QED) is 0.472. The molecule has 0 radical (unpaired) electrons. The van der Waals surface area contributed by atoms with Crippen molar-refractivity contribution in [3.63, 3.8) is 0 Å². The number of carbonyl (C=O) groups is 1. The van der Waals surface area contributed by atoms with E-state index in [1.54, 1.807) is 11.0 Å². The molecule has 0 aliphatic carbocycles.